The standard InChI is InChI=1S/C14H26N2O2/c1-13(2)5-4-10-16(11-13)12(17)14(18-3)6-8-15-9-7-14/h15H,4-11H2,1-3H3. The molecule has 0 aliphatic carbocycles. The van der Waals surface area contributed by atoms with Crippen molar-refractivity contribution in [3.05, 3.63) is 0 Å². The van der Waals surface area contributed by atoms with Crippen LogP contribution in [0.3, 0.4) is 0 Å². The molecule has 2 heterocycles. The third-order valence-electron chi connectivity index (χ3n) is 4.38. The third-order valence-corrected chi connectivity index (χ3v) is 4.38. The van der Waals surface area contributed by atoms with Gasteiger partial charge >= 0.3 is 0 Å². The van der Waals surface area contributed by atoms with E-state index in [2.05, 4.69) is 19.2 Å². The quantitative estimate of drug-likeness (QED) is 0.810. The number of rotatable bonds is 2. The number of carbonyl (C=O) groups excluding carboxylic acids is 1. The van der Waals surface area contributed by atoms with E-state index in [1.807, 2.05) is 4.90 Å². The maximum absolute atomic E-state index is 12.8. The fourth-order valence-electron chi connectivity index (χ4n) is 3.22. The van der Waals surface area contributed by atoms with Crippen LogP contribution in [-0.4, -0.2) is 49.7 Å². The number of methoxy groups -OCH3 is 1. The van der Waals surface area contributed by atoms with Crippen molar-refractivity contribution in [2.75, 3.05) is 33.3 Å². The summed E-state index contributed by atoms with van der Waals surface area (Å²) in [4.78, 5) is 14.8. The Hall–Kier alpha value is -0.610. The Morgan fingerprint density at radius 1 is 1.22 bits per heavy atom. The molecule has 0 bridgehead atoms. The Morgan fingerprint density at radius 2 is 1.89 bits per heavy atom. The van der Waals surface area contributed by atoms with Gasteiger partial charge in [0.15, 0.2) is 0 Å². The topological polar surface area (TPSA) is 41.6 Å². The van der Waals surface area contributed by atoms with Gasteiger partial charge in [0.2, 0.25) is 0 Å². The lowest BCUT2D eigenvalue weighted by Gasteiger charge is -2.44. The van der Waals surface area contributed by atoms with Gasteiger partial charge in [-0.3, -0.25) is 4.79 Å². The summed E-state index contributed by atoms with van der Waals surface area (Å²) < 4.78 is 5.63. The molecule has 0 radical (unpaired) electrons. The zero-order valence-corrected chi connectivity index (χ0v) is 11.9. The van der Waals surface area contributed by atoms with E-state index in [0.29, 0.717) is 0 Å². The van der Waals surface area contributed by atoms with Crippen molar-refractivity contribution in [1.29, 1.82) is 0 Å². The second-order valence-electron chi connectivity index (χ2n) is 6.44. The fraction of sp³-hybridized carbons (Fsp3) is 0.929. The van der Waals surface area contributed by atoms with E-state index in [9.17, 15) is 4.79 Å². The fourth-order valence-corrected chi connectivity index (χ4v) is 3.22. The van der Waals surface area contributed by atoms with Crippen LogP contribution in [0.4, 0.5) is 0 Å². The highest BCUT2D eigenvalue weighted by atomic mass is 16.5. The number of ether oxygens (including phenoxy) is 1. The van der Waals surface area contributed by atoms with Crippen LogP contribution in [0, 0.1) is 5.41 Å². The SMILES string of the molecule is COC1(C(=O)N2CCCC(C)(C)C2)CCNCC1. The van der Waals surface area contributed by atoms with Gasteiger partial charge in [0.05, 0.1) is 0 Å². The zero-order chi connectivity index (χ0) is 13.2. The highest BCUT2D eigenvalue weighted by Crippen LogP contribution is 2.32. The smallest absolute Gasteiger partial charge is 0.254 e. The van der Waals surface area contributed by atoms with E-state index in [1.165, 1.54) is 6.42 Å². The summed E-state index contributed by atoms with van der Waals surface area (Å²) in [5.41, 5.74) is -0.325. The van der Waals surface area contributed by atoms with Gasteiger partial charge in [0.1, 0.15) is 5.60 Å². The number of likely N-dealkylation sites (tertiary alicyclic amines) is 1. The molecule has 1 amide bonds. The number of nitrogens with one attached hydrogen (secondary N) is 1. The summed E-state index contributed by atoms with van der Waals surface area (Å²) in [6, 6.07) is 0. The molecule has 4 heteroatoms. The predicted octanol–water partition coefficient (Wildman–Crippen LogP) is 1.40. The Labute approximate surface area is 110 Å². The molecule has 2 rings (SSSR count). The van der Waals surface area contributed by atoms with E-state index >= 15 is 0 Å². The first-order chi connectivity index (χ1) is 8.49. The van der Waals surface area contributed by atoms with Crippen molar-refractivity contribution in [3.63, 3.8) is 0 Å². The molecule has 0 saturated carbocycles. The maximum Gasteiger partial charge on any atom is 0.254 e. The molecule has 2 saturated heterocycles. The van der Waals surface area contributed by atoms with Crippen molar-refractivity contribution in [2.24, 2.45) is 5.41 Å². The van der Waals surface area contributed by atoms with Crippen molar-refractivity contribution < 1.29 is 9.53 Å². The molecule has 2 aliphatic heterocycles. The molecular weight excluding hydrogens is 228 g/mol. The molecule has 4 nitrogen and oxygen atoms in total. The lowest BCUT2D eigenvalue weighted by molar-refractivity contribution is -0.161. The van der Waals surface area contributed by atoms with E-state index in [-0.39, 0.29) is 11.3 Å². The van der Waals surface area contributed by atoms with Crippen LogP contribution in [-0.2, 0) is 9.53 Å². The van der Waals surface area contributed by atoms with E-state index in [0.717, 1.165) is 45.4 Å². The van der Waals surface area contributed by atoms with Crippen LogP contribution in [0.25, 0.3) is 0 Å². The van der Waals surface area contributed by atoms with E-state index in [1.54, 1.807) is 7.11 Å². The minimum Gasteiger partial charge on any atom is -0.368 e. The summed E-state index contributed by atoms with van der Waals surface area (Å²) in [5, 5.41) is 3.30. The first-order valence-corrected chi connectivity index (χ1v) is 7.04. The molecular formula is C14H26N2O2. The number of piperidine rings is 2. The van der Waals surface area contributed by atoms with Gasteiger partial charge in [0, 0.05) is 20.2 Å². The van der Waals surface area contributed by atoms with Gasteiger partial charge in [-0.2, -0.15) is 0 Å². The van der Waals surface area contributed by atoms with Gasteiger partial charge in [-0.15, -0.1) is 0 Å². The van der Waals surface area contributed by atoms with Gasteiger partial charge in [-0.1, -0.05) is 13.8 Å². The Bertz CT molecular complexity index is 309. The Kier molecular flexibility index (Phi) is 3.97. The summed E-state index contributed by atoms with van der Waals surface area (Å²) in [5.74, 6) is 0.208. The van der Waals surface area contributed by atoms with Crippen LogP contribution in [0.15, 0.2) is 0 Å². The molecule has 0 unspecified atom stereocenters. The molecule has 2 fully saturated rings. The molecule has 2 aliphatic rings. The van der Waals surface area contributed by atoms with Crippen LogP contribution in [0.5, 0.6) is 0 Å². The van der Waals surface area contributed by atoms with E-state index in [4.69, 9.17) is 4.74 Å². The molecule has 0 atom stereocenters. The predicted molar refractivity (Wildman–Crippen MR) is 71.4 cm³/mol. The van der Waals surface area contributed by atoms with E-state index < -0.39 is 5.60 Å². The number of hydrogen-bond donors (Lipinski definition) is 1. The molecule has 18 heavy (non-hydrogen) atoms. The average Bonchev–Trinajstić information content (AvgIpc) is 2.37. The third kappa shape index (κ3) is 2.69. The first-order valence-electron chi connectivity index (χ1n) is 7.04. The molecule has 0 spiro atoms. The zero-order valence-electron chi connectivity index (χ0n) is 11.9. The van der Waals surface area contributed by atoms with Crippen molar-refractivity contribution in [3.8, 4) is 0 Å². The van der Waals surface area contributed by atoms with Gasteiger partial charge < -0.3 is 15.0 Å². The first kappa shape index (κ1) is 13.8. The number of carbonyl (C=O) groups is 1. The molecule has 1 N–H and O–H groups in total. The van der Waals surface area contributed by atoms with Crippen LogP contribution in [0.2, 0.25) is 0 Å². The molecule has 0 aromatic rings. The molecule has 0 aromatic carbocycles. The van der Waals surface area contributed by atoms with Crippen LogP contribution in [0.1, 0.15) is 39.5 Å². The maximum atomic E-state index is 12.8. The second kappa shape index (κ2) is 5.17. The minimum absolute atomic E-state index is 0.208. The summed E-state index contributed by atoms with van der Waals surface area (Å²) in [6.45, 7) is 7.99. The van der Waals surface area contributed by atoms with Gasteiger partial charge in [-0.25, -0.2) is 0 Å². The van der Waals surface area contributed by atoms with Crippen molar-refractivity contribution in [2.45, 2.75) is 45.1 Å². The largest absolute Gasteiger partial charge is 0.368 e. The molecule has 0 aromatic heterocycles. The highest BCUT2D eigenvalue weighted by molar-refractivity contribution is 5.85. The second-order valence-corrected chi connectivity index (χ2v) is 6.44. The number of amides is 1. The number of nitrogens with zero attached hydrogens (tertiary/aromatic N) is 1. The average molecular weight is 254 g/mol. The van der Waals surface area contributed by atoms with Crippen molar-refractivity contribution in [1.82, 2.24) is 10.2 Å². The normalized spacial score (nSPS) is 26.9. The summed E-state index contributed by atoms with van der Waals surface area (Å²) >= 11 is 0. The van der Waals surface area contributed by atoms with Crippen molar-refractivity contribution >= 4 is 5.91 Å². The monoisotopic (exact) mass is 254 g/mol. The minimum atomic E-state index is -0.571. The number of hydrogen-bond acceptors (Lipinski definition) is 3. The van der Waals surface area contributed by atoms with Crippen LogP contribution < -0.4 is 5.32 Å². The van der Waals surface area contributed by atoms with Gasteiger partial charge in [0.25, 0.3) is 5.91 Å². The Morgan fingerprint density at radius 3 is 2.44 bits per heavy atom. The highest BCUT2D eigenvalue weighted by Gasteiger charge is 2.44. The molecule has 104 valence electrons. The summed E-state index contributed by atoms with van der Waals surface area (Å²) in [7, 11) is 1.68. The lowest BCUT2D eigenvalue weighted by Crippen LogP contribution is -2.57. The lowest BCUT2D eigenvalue weighted by atomic mass is 9.82. The Balaban J connectivity index is 2.09. The van der Waals surface area contributed by atoms with Crippen LogP contribution >= 0.6 is 0 Å². The summed E-state index contributed by atoms with van der Waals surface area (Å²) in [6.07, 6.45) is 3.90. The van der Waals surface area contributed by atoms with Gasteiger partial charge in [-0.05, 0) is 44.2 Å².